The van der Waals surface area contributed by atoms with Crippen molar-refractivity contribution in [3.63, 3.8) is 0 Å². The Bertz CT molecular complexity index is 1010. The highest BCUT2D eigenvalue weighted by Crippen LogP contribution is 2.38. The van der Waals surface area contributed by atoms with E-state index in [0.717, 1.165) is 17.9 Å². The van der Waals surface area contributed by atoms with E-state index in [0.29, 0.717) is 11.6 Å². The average molecular weight is 335 g/mol. The monoisotopic (exact) mass is 335 g/mol. The molecule has 0 N–H and O–H groups in total. The first-order valence-corrected chi connectivity index (χ1v) is 8.43. The van der Waals surface area contributed by atoms with E-state index in [1.54, 1.807) is 6.07 Å². The van der Waals surface area contributed by atoms with Gasteiger partial charge in [-0.1, -0.05) is 11.6 Å². The minimum atomic E-state index is -0.264. The van der Waals surface area contributed by atoms with E-state index in [1.807, 2.05) is 18.0 Å². The maximum absolute atomic E-state index is 13.5. The van der Waals surface area contributed by atoms with Crippen LogP contribution in [0, 0.1) is 12.7 Å². The van der Waals surface area contributed by atoms with Crippen molar-refractivity contribution in [1.29, 1.82) is 0 Å². The van der Waals surface area contributed by atoms with Crippen molar-refractivity contribution in [3.05, 3.63) is 71.5 Å². The summed E-state index contributed by atoms with van der Waals surface area (Å²) in [6.45, 7) is 5.08. The van der Waals surface area contributed by atoms with Gasteiger partial charge < -0.3 is 9.64 Å². The second-order valence-electron chi connectivity index (χ2n) is 6.32. The highest BCUT2D eigenvalue weighted by atomic mass is 19.1. The Morgan fingerprint density at radius 1 is 1.12 bits per heavy atom. The SMILES string of the molecule is CC[n+]1c(/C=C2\Oc3ccc(F)cc3N2C)ccc2cc(C)ccc21. The predicted molar refractivity (Wildman–Crippen MR) is 98.0 cm³/mol. The molecular weight excluding hydrogens is 315 g/mol. The first kappa shape index (κ1) is 15.6. The maximum atomic E-state index is 13.5. The molecule has 0 aliphatic carbocycles. The lowest BCUT2D eigenvalue weighted by molar-refractivity contribution is -0.669. The third-order valence-electron chi connectivity index (χ3n) is 4.63. The standard InChI is InChI=1S/C21H20FN2O/c1-4-24-17(8-6-15-11-14(2)5-9-18(15)24)13-21-23(3)19-12-16(22)7-10-20(19)25-21/h5-13H,4H2,1-3H3/q+1. The van der Waals surface area contributed by atoms with Crippen molar-refractivity contribution in [2.24, 2.45) is 0 Å². The third kappa shape index (κ3) is 2.64. The lowest BCUT2D eigenvalue weighted by Crippen LogP contribution is -2.37. The molecule has 0 unspecified atom stereocenters. The van der Waals surface area contributed by atoms with Crippen molar-refractivity contribution >= 4 is 22.7 Å². The van der Waals surface area contributed by atoms with Crippen molar-refractivity contribution in [2.75, 3.05) is 11.9 Å². The Morgan fingerprint density at radius 3 is 2.76 bits per heavy atom. The molecule has 0 spiro atoms. The molecule has 1 aliphatic heterocycles. The number of pyridine rings is 1. The van der Waals surface area contributed by atoms with E-state index < -0.39 is 0 Å². The molecule has 0 bridgehead atoms. The summed E-state index contributed by atoms with van der Waals surface area (Å²) in [5.74, 6) is 1.10. The Balaban J connectivity index is 1.81. The number of aryl methyl sites for hydroxylation is 2. The molecule has 3 nitrogen and oxygen atoms in total. The zero-order valence-electron chi connectivity index (χ0n) is 14.6. The number of halogens is 1. The molecule has 0 saturated heterocycles. The normalized spacial score (nSPS) is 14.9. The molecule has 4 rings (SSSR count). The van der Waals surface area contributed by atoms with Gasteiger partial charge in [-0.25, -0.2) is 4.39 Å². The van der Waals surface area contributed by atoms with Gasteiger partial charge in [0.2, 0.25) is 17.1 Å². The maximum Gasteiger partial charge on any atom is 0.212 e. The van der Waals surface area contributed by atoms with Gasteiger partial charge in [-0.05, 0) is 38.1 Å². The number of rotatable bonds is 2. The molecule has 1 aromatic heterocycles. The van der Waals surface area contributed by atoms with Gasteiger partial charge in [0.05, 0.1) is 11.8 Å². The number of fused-ring (bicyclic) bond motifs is 2. The van der Waals surface area contributed by atoms with Gasteiger partial charge in [0.25, 0.3) is 0 Å². The number of ether oxygens (including phenoxy) is 1. The quantitative estimate of drug-likeness (QED) is 0.645. The number of nitrogens with zero attached hydrogens (tertiary/aromatic N) is 2. The van der Waals surface area contributed by atoms with Gasteiger partial charge in [-0.15, -0.1) is 0 Å². The predicted octanol–water partition coefficient (Wildman–Crippen LogP) is 4.42. The average Bonchev–Trinajstić information content (AvgIpc) is 2.90. The second-order valence-corrected chi connectivity index (χ2v) is 6.32. The van der Waals surface area contributed by atoms with Crippen LogP contribution in [0.15, 0.2) is 54.4 Å². The molecule has 0 amide bonds. The van der Waals surface area contributed by atoms with Crippen molar-refractivity contribution in [2.45, 2.75) is 20.4 Å². The van der Waals surface area contributed by atoms with Gasteiger partial charge in [0.1, 0.15) is 12.4 Å². The van der Waals surface area contributed by atoms with Crippen LogP contribution in [0.4, 0.5) is 10.1 Å². The lowest BCUT2D eigenvalue weighted by Gasteiger charge is -2.11. The molecule has 1 aliphatic rings. The van der Waals surface area contributed by atoms with Gasteiger partial charge >= 0.3 is 0 Å². The van der Waals surface area contributed by atoms with Crippen molar-refractivity contribution < 1.29 is 13.7 Å². The fourth-order valence-corrected chi connectivity index (χ4v) is 3.33. The summed E-state index contributed by atoms with van der Waals surface area (Å²) in [5.41, 5.74) is 4.23. The Kier molecular flexibility index (Phi) is 3.68. The number of aromatic nitrogens is 1. The molecule has 3 aromatic rings. The summed E-state index contributed by atoms with van der Waals surface area (Å²) >= 11 is 0. The summed E-state index contributed by atoms with van der Waals surface area (Å²) in [7, 11) is 1.89. The molecular formula is C21H20FN2O+. The Hall–Kier alpha value is -2.88. The van der Waals surface area contributed by atoms with E-state index in [2.05, 4.69) is 48.7 Å². The summed E-state index contributed by atoms with van der Waals surface area (Å²) in [6.07, 6.45) is 2.00. The van der Waals surface area contributed by atoms with Gasteiger partial charge in [0.15, 0.2) is 5.75 Å². The topological polar surface area (TPSA) is 16.4 Å². The van der Waals surface area contributed by atoms with Gasteiger partial charge in [0, 0.05) is 30.6 Å². The van der Waals surface area contributed by atoms with E-state index in [9.17, 15) is 4.39 Å². The highest BCUT2D eigenvalue weighted by Gasteiger charge is 2.25. The van der Waals surface area contributed by atoms with Gasteiger partial charge in [-0.3, -0.25) is 0 Å². The second kappa shape index (κ2) is 5.88. The smallest absolute Gasteiger partial charge is 0.212 e. The number of hydrogen-bond acceptors (Lipinski definition) is 2. The van der Waals surface area contributed by atoms with E-state index in [1.165, 1.54) is 28.6 Å². The Labute approximate surface area is 146 Å². The van der Waals surface area contributed by atoms with E-state index in [4.69, 9.17) is 4.74 Å². The largest absolute Gasteiger partial charge is 0.438 e. The van der Waals surface area contributed by atoms with Crippen LogP contribution in [0.25, 0.3) is 17.0 Å². The first-order valence-electron chi connectivity index (χ1n) is 8.43. The fraction of sp³-hybridized carbons (Fsp3) is 0.190. The molecule has 2 aromatic carbocycles. The summed E-state index contributed by atoms with van der Waals surface area (Å²) in [6, 6.07) is 15.3. The van der Waals surface area contributed by atoms with Crippen LogP contribution >= 0.6 is 0 Å². The molecule has 25 heavy (non-hydrogen) atoms. The molecule has 4 heteroatoms. The molecule has 2 heterocycles. The molecule has 0 saturated carbocycles. The zero-order valence-corrected chi connectivity index (χ0v) is 14.6. The van der Waals surface area contributed by atoms with Crippen LogP contribution < -0.4 is 14.2 Å². The third-order valence-corrected chi connectivity index (χ3v) is 4.63. The molecule has 0 fully saturated rings. The van der Waals surface area contributed by atoms with Crippen molar-refractivity contribution in [3.8, 4) is 5.75 Å². The minimum absolute atomic E-state index is 0.264. The van der Waals surface area contributed by atoms with Crippen LogP contribution in [-0.4, -0.2) is 7.05 Å². The van der Waals surface area contributed by atoms with Crippen molar-refractivity contribution in [1.82, 2.24) is 0 Å². The summed E-state index contributed by atoms with van der Waals surface area (Å²) < 4.78 is 21.7. The number of benzene rings is 2. The fourth-order valence-electron chi connectivity index (χ4n) is 3.33. The minimum Gasteiger partial charge on any atom is -0.438 e. The molecule has 126 valence electrons. The molecule has 0 atom stereocenters. The van der Waals surface area contributed by atoms with Crippen LogP contribution in [-0.2, 0) is 6.54 Å². The number of anilines is 1. The first-order chi connectivity index (χ1) is 12.1. The zero-order chi connectivity index (χ0) is 17.6. The van der Waals surface area contributed by atoms with Crippen LogP contribution in [0.3, 0.4) is 0 Å². The van der Waals surface area contributed by atoms with Crippen LogP contribution in [0.1, 0.15) is 18.2 Å². The van der Waals surface area contributed by atoms with Gasteiger partial charge in [-0.2, -0.15) is 4.57 Å². The summed E-state index contributed by atoms with van der Waals surface area (Å²) in [4.78, 5) is 1.87. The van der Waals surface area contributed by atoms with E-state index in [-0.39, 0.29) is 5.82 Å². The lowest BCUT2D eigenvalue weighted by atomic mass is 10.1. The Morgan fingerprint density at radius 2 is 1.96 bits per heavy atom. The molecule has 0 radical (unpaired) electrons. The van der Waals surface area contributed by atoms with Crippen LogP contribution in [0.5, 0.6) is 5.75 Å². The summed E-state index contributed by atoms with van der Waals surface area (Å²) in [5, 5.41) is 1.22. The number of hydrogen-bond donors (Lipinski definition) is 0. The van der Waals surface area contributed by atoms with Crippen LogP contribution in [0.2, 0.25) is 0 Å². The highest BCUT2D eigenvalue weighted by molar-refractivity contribution is 5.77. The van der Waals surface area contributed by atoms with E-state index >= 15 is 0 Å².